The van der Waals surface area contributed by atoms with Crippen LogP contribution in [-0.2, 0) is 0 Å². The molecule has 9 nitrogen and oxygen atoms in total. The van der Waals surface area contributed by atoms with E-state index in [0.717, 1.165) is 0 Å². The second kappa shape index (κ2) is 14.8. The smallest absolute Gasteiger partial charge is 0.449 e. The van der Waals surface area contributed by atoms with Crippen LogP contribution in [0.4, 0.5) is 0 Å². The topological polar surface area (TPSA) is 92.5 Å². The van der Waals surface area contributed by atoms with Crippen LogP contribution in [-0.4, -0.2) is 17.4 Å². The molecule has 0 N–H and O–H groups in total. The van der Waals surface area contributed by atoms with Crippen molar-refractivity contribution in [2.45, 2.75) is 24.3 Å². The summed E-state index contributed by atoms with van der Waals surface area (Å²) < 4.78 is 58.1. The predicted octanol–water partition coefficient (Wildman–Crippen LogP) is 12.6. The zero-order chi connectivity index (χ0) is 35.3. The van der Waals surface area contributed by atoms with E-state index in [-0.39, 0.29) is 0 Å². The quantitative estimate of drug-likeness (QED) is 0.116. The molecule has 0 radical (unpaired) electrons. The Hall–Kier alpha value is -5.19. The third-order valence-corrected chi connectivity index (χ3v) is 17.0. The van der Waals surface area contributed by atoms with Crippen LogP contribution < -0.4 is 27.4 Å². The van der Waals surface area contributed by atoms with Crippen molar-refractivity contribution in [1.82, 2.24) is 0 Å². The summed E-state index contributed by atoms with van der Waals surface area (Å²) in [5.41, 5.74) is 0. The number of hydrogen-bond donors (Lipinski definition) is 0. The lowest BCUT2D eigenvalue weighted by molar-refractivity contribution is 0.311. The lowest BCUT2D eigenvalue weighted by atomic mass is 10.3. The second-order valence-electron chi connectivity index (χ2n) is 11.9. The SMILES string of the molecule is CC1N=P2(Oc3ccccc3)C(N=P(Oc3ccccc3)(Oc3ccccc3)N=P1(Oc1ccccc1)Oc1ccccc1)[C@@H]2Oc1ccccc1. The summed E-state index contributed by atoms with van der Waals surface area (Å²) >= 11 is 0. The molecule has 0 bridgehead atoms. The maximum atomic E-state index is 7.00. The van der Waals surface area contributed by atoms with E-state index in [4.69, 9.17) is 41.4 Å². The minimum atomic E-state index is -3.78. The zero-order valence-electron chi connectivity index (χ0n) is 28.2. The van der Waals surface area contributed by atoms with E-state index in [2.05, 4.69) is 0 Å². The molecule has 1 fully saturated rings. The first-order valence-corrected chi connectivity index (χ1v) is 21.8. The minimum Gasteiger partial charge on any atom is -0.478 e. The fourth-order valence-corrected chi connectivity index (χ4v) is 15.7. The van der Waals surface area contributed by atoms with Crippen LogP contribution in [0.25, 0.3) is 0 Å². The molecule has 12 heteroatoms. The molecule has 2 aliphatic rings. The number of para-hydroxylation sites is 6. The van der Waals surface area contributed by atoms with Gasteiger partial charge in [-0.3, -0.25) is 0 Å². The lowest BCUT2D eigenvalue weighted by Crippen LogP contribution is -2.15. The molecule has 4 atom stereocenters. The largest absolute Gasteiger partial charge is 0.478 e. The summed E-state index contributed by atoms with van der Waals surface area (Å²) in [6, 6.07) is 57.1. The Morgan fingerprint density at radius 3 is 1.15 bits per heavy atom. The van der Waals surface area contributed by atoms with Gasteiger partial charge in [-0.05, 0) is 79.7 Å². The molecule has 52 heavy (non-hydrogen) atoms. The summed E-state index contributed by atoms with van der Waals surface area (Å²) in [4.78, 5) is 0. The third-order valence-electron chi connectivity index (χ3n) is 8.12. The van der Waals surface area contributed by atoms with Crippen LogP contribution in [0.1, 0.15) is 6.92 Å². The van der Waals surface area contributed by atoms with Gasteiger partial charge in [-0.1, -0.05) is 109 Å². The summed E-state index contributed by atoms with van der Waals surface area (Å²) in [6.45, 7) is 1.96. The highest BCUT2D eigenvalue weighted by Crippen LogP contribution is 2.83. The minimum absolute atomic E-state index is 0.524. The molecule has 8 rings (SSSR count). The van der Waals surface area contributed by atoms with Crippen molar-refractivity contribution in [2.24, 2.45) is 14.0 Å². The molecule has 0 spiro atoms. The standard InChI is InChI=1S/C40H36N3O6P3/c1-32-41-50(45-34-22-10-3-11-23-34)39(40(50)44-33-20-8-2-9-21-33)42-52(48-37-28-16-6-17-29-37,49-38-30-18-7-19-31-38)43-51(32,46-35-24-12-4-13-25-35)47-36-26-14-5-15-27-36/h2-32,39-40H,1H3/t32?,39?,40-,50?/m1/s1. The molecule has 2 aliphatic heterocycles. The number of fused-ring (bicyclic) bond motifs is 1. The van der Waals surface area contributed by atoms with E-state index >= 15 is 0 Å². The van der Waals surface area contributed by atoms with Crippen molar-refractivity contribution in [1.29, 1.82) is 0 Å². The fourth-order valence-electron chi connectivity index (χ4n) is 5.63. The van der Waals surface area contributed by atoms with Crippen LogP contribution in [0.2, 0.25) is 0 Å². The lowest BCUT2D eigenvalue weighted by Gasteiger charge is -2.32. The monoisotopic (exact) mass is 747 g/mol. The molecule has 0 amide bonds. The molecule has 0 saturated carbocycles. The molecule has 2 heterocycles. The predicted molar refractivity (Wildman–Crippen MR) is 208 cm³/mol. The first-order valence-electron chi connectivity index (χ1n) is 16.8. The van der Waals surface area contributed by atoms with Gasteiger partial charge in [-0.25, -0.2) is 4.74 Å². The molecule has 1 saturated heterocycles. The first kappa shape index (κ1) is 33.9. The van der Waals surface area contributed by atoms with Crippen LogP contribution in [0.3, 0.4) is 0 Å². The Morgan fingerprint density at radius 2 is 0.750 bits per heavy atom. The Labute approximate surface area is 303 Å². The Balaban J connectivity index is 1.42. The van der Waals surface area contributed by atoms with Gasteiger partial charge >= 0.3 is 15.2 Å². The zero-order valence-corrected chi connectivity index (χ0v) is 30.9. The van der Waals surface area contributed by atoms with Crippen molar-refractivity contribution in [3.63, 3.8) is 0 Å². The van der Waals surface area contributed by atoms with Crippen molar-refractivity contribution in [3.05, 3.63) is 182 Å². The maximum Gasteiger partial charge on any atom is 0.449 e. The van der Waals surface area contributed by atoms with E-state index in [1.54, 1.807) is 0 Å². The highest BCUT2D eigenvalue weighted by atomic mass is 31.2. The first-order chi connectivity index (χ1) is 25.5. The highest BCUT2D eigenvalue weighted by Gasteiger charge is 2.68. The molecule has 0 aromatic heterocycles. The average molecular weight is 748 g/mol. The van der Waals surface area contributed by atoms with Crippen LogP contribution in [0, 0.1) is 0 Å². The van der Waals surface area contributed by atoms with E-state index in [1.807, 2.05) is 189 Å². The molecular formula is C40H36N3O6P3. The van der Waals surface area contributed by atoms with Crippen molar-refractivity contribution >= 4 is 22.4 Å². The van der Waals surface area contributed by atoms with Gasteiger partial charge in [-0.15, -0.1) is 4.52 Å². The Kier molecular flexibility index (Phi) is 9.66. The van der Waals surface area contributed by atoms with Gasteiger partial charge in [0.25, 0.3) is 0 Å². The number of nitrogens with zero attached hydrogens (tertiary/aromatic N) is 3. The van der Waals surface area contributed by atoms with Gasteiger partial charge in [0.15, 0.2) is 17.4 Å². The van der Waals surface area contributed by atoms with Crippen molar-refractivity contribution < 1.29 is 27.4 Å². The van der Waals surface area contributed by atoms with Crippen molar-refractivity contribution in [2.75, 3.05) is 0 Å². The molecular weight excluding hydrogens is 711 g/mol. The molecule has 262 valence electrons. The van der Waals surface area contributed by atoms with Gasteiger partial charge < -0.3 is 27.4 Å². The van der Waals surface area contributed by atoms with Gasteiger partial charge in [0, 0.05) is 0 Å². The van der Waals surface area contributed by atoms with E-state index in [0.29, 0.717) is 34.5 Å². The van der Waals surface area contributed by atoms with E-state index < -0.39 is 39.9 Å². The van der Waals surface area contributed by atoms with E-state index in [1.165, 1.54) is 0 Å². The van der Waals surface area contributed by atoms with Crippen LogP contribution in [0.5, 0.6) is 34.5 Å². The average Bonchev–Trinajstić information content (AvgIpc) is 3.72. The maximum absolute atomic E-state index is 7.00. The second-order valence-corrected chi connectivity index (χ2v) is 19.3. The Bertz CT molecular complexity index is 2180. The van der Waals surface area contributed by atoms with E-state index in [9.17, 15) is 0 Å². The van der Waals surface area contributed by atoms with Gasteiger partial charge in [-0.2, -0.15) is 4.74 Å². The molecule has 6 aromatic carbocycles. The van der Waals surface area contributed by atoms with Crippen LogP contribution >= 0.6 is 22.4 Å². The van der Waals surface area contributed by atoms with Crippen molar-refractivity contribution in [3.8, 4) is 34.5 Å². The van der Waals surface area contributed by atoms with Gasteiger partial charge in [0.2, 0.25) is 7.28 Å². The summed E-state index contributed by atoms with van der Waals surface area (Å²) in [5, 5.41) is 0. The molecule has 6 aromatic rings. The summed E-state index contributed by atoms with van der Waals surface area (Å²) in [5.74, 6) is 1.63. The highest BCUT2D eigenvalue weighted by molar-refractivity contribution is 7.74. The number of hydrogen-bond acceptors (Lipinski definition) is 9. The number of rotatable bonds is 12. The summed E-state index contributed by atoms with van der Waals surface area (Å²) in [6.07, 6.45) is 0. The normalized spacial score (nSPS) is 22.2. The summed E-state index contributed by atoms with van der Waals surface area (Å²) in [7, 11) is -10.4. The fraction of sp³-hybridized carbons (Fsp3) is 0.100. The number of benzene rings is 6. The van der Waals surface area contributed by atoms with Crippen LogP contribution in [0.15, 0.2) is 196 Å². The van der Waals surface area contributed by atoms with Gasteiger partial charge in [0.05, 0.1) is 0 Å². The van der Waals surface area contributed by atoms with Gasteiger partial charge in [0.1, 0.15) is 34.5 Å². The molecule has 0 aliphatic carbocycles. The Morgan fingerprint density at radius 1 is 0.404 bits per heavy atom. The third kappa shape index (κ3) is 7.40. The number of ether oxygens (including phenoxy) is 1. The molecule has 3 unspecified atom stereocenters.